The highest BCUT2D eigenvalue weighted by Crippen LogP contribution is 2.28. The normalized spacial score (nSPS) is 12.6. The maximum absolute atomic E-state index is 11.8. The standard InChI is InChI=1S/C11H12BrClO/c1-3-7(2)11(14)8-5-4-6-9(12)10(8)13/h4-7H,3H2,1-2H3. The second kappa shape index (κ2) is 4.94. The highest BCUT2D eigenvalue weighted by molar-refractivity contribution is 9.10. The molecule has 0 radical (unpaired) electrons. The number of ketones is 1. The van der Waals surface area contributed by atoms with Gasteiger partial charge in [0, 0.05) is 16.0 Å². The van der Waals surface area contributed by atoms with Crippen molar-refractivity contribution >= 4 is 33.3 Å². The predicted octanol–water partition coefficient (Wildman–Crippen LogP) is 4.33. The van der Waals surface area contributed by atoms with E-state index < -0.39 is 0 Å². The smallest absolute Gasteiger partial charge is 0.167 e. The van der Waals surface area contributed by atoms with Crippen LogP contribution in [-0.4, -0.2) is 5.78 Å². The molecule has 0 saturated heterocycles. The second-order valence-corrected chi connectivity index (χ2v) is 4.51. The number of carbonyl (C=O) groups is 1. The third-order valence-electron chi connectivity index (χ3n) is 2.28. The third-order valence-corrected chi connectivity index (χ3v) is 3.57. The predicted molar refractivity (Wildman–Crippen MR) is 62.9 cm³/mol. The van der Waals surface area contributed by atoms with Gasteiger partial charge in [0.1, 0.15) is 0 Å². The van der Waals surface area contributed by atoms with Crippen LogP contribution >= 0.6 is 27.5 Å². The number of hydrogen-bond donors (Lipinski definition) is 0. The average Bonchev–Trinajstić information content (AvgIpc) is 2.20. The largest absolute Gasteiger partial charge is 0.294 e. The molecular weight excluding hydrogens is 263 g/mol. The molecule has 1 aromatic rings. The molecule has 0 heterocycles. The van der Waals surface area contributed by atoms with Gasteiger partial charge in [-0.2, -0.15) is 0 Å². The van der Waals surface area contributed by atoms with Crippen LogP contribution in [-0.2, 0) is 0 Å². The summed E-state index contributed by atoms with van der Waals surface area (Å²) in [7, 11) is 0. The zero-order valence-corrected chi connectivity index (χ0v) is 10.5. The van der Waals surface area contributed by atoms with Gasteiger partial charge in [-0.15, -0.1) is 0 Å². The topological polar surface area (TPSA) is 17.1 Å². The lowest BCUT2D eigenvalue weighted by Gasteiger charge is -2.09. The van der Waals surface area contributed by atoms with Crippen molar-refractivity contribution in [1.29, 1.82) is 0 Å². The lowest BCUT2D eigenvalue weighted by Crippen LogP contribution is -2.10. The van der Waals surface area contributed by atoms with Crippen LogP contribution in [0.5, 0.6) is 0 Å². The van der Waals surface area contributed by atoms with Gasteiger partial charge in [-0.1, -0.05) is 31.5 Å². The first-order chi connectivity index (χ1) is 6.57. The fraction of sp³-hybridized carbons (Fsp3) is 0.364. The SMILES string of the molecule is CCC(C)C(=O)c1cccc(Br)c1Cl. The Morgan fingerprint density at radius 3 is 2.79 bits per heavy atom. The van der Waals surface area contributed by atoms with E-state index in [4.69, 9.17) is 11.6 Å². The van der Waals surface area contributed by atoms with Gasteiger partial charge in [0.2, 0.25) is 0 Å². The summed E-state index contributed by atoms with van der Waals surface area (Å²) in [6.07, 6.45) is 0.835. The lowest BCUT2D eigenvalue weighted by molar-refractivity contribution is 0.0927. The van der Waals surface area contributed by atoms with Crippen LogP contribution in [0, 0.1) is 5.92 Å². The first kappa shape index (κ1) is 11.7. The maximum Gasteiger partial charge on any atom is 0.167 e. The van der Waals surface area contributed by atoms with Crippen LogP contribution in [0.3, 0.4) is 0 Å². The van der Waals surface area contributed by atoms with Gasteiger partial charge in [-0.05, 0) is 34.5 Å². The molecule has 0 amide bonds. The first-order valence-electron chi connectivity index (χ1n) is 4.56. The minimum absolute atomic E-state index is 0.0294. The quantitative estimate of drug-likeness (QED) is 0.750. The summed E-state index contributed by atoms with van der Waals surface area (Å²) < 4.78 is 0.772. The first-order valence-corrected chi connectivity index (χ1v) is 5.73. The molecule has 0 aliphatic carbocycles. The van der Waals surface area contributed by atoms with Crippen molar-refractivity contribution in [1.82, 2.24) is 0 Å². The minimum atomic E-state index is 0.0294. The van der Waals surface area contributed by atoms with Crippen molar-refractivity contribution in [3.63, 3.8) is 0 Å². The molecule has 1 aromatic carbocycles. The summed E-state index contributed by atoms with van der Waals surface area (Å²) in [4.78, 5) is 11.8. The van der Waals surface area contributed by atoms with Gasteiger partial charge in [0.15, 0.2) is 5.78 Å². The van der Waals surface area contributed by atoms with Gasteiger partial charge in [0.25, 0.3) is 0 Å². The highest BCUT2D eigenvalue weighted by Gasteiger charge is 2.17. The van der Waals surface area contributed by atoms with E-state index in [1.165, 1.54) is 0 Å². The van der Waals surface area contributed by atoms with E-state index in [0.717, 1.165) is 10.9 Å². The van der Waals surface area contributed by atoms with Crippen LogP contribution in [0.4, 0.5) is 0 Å². The summed E-state index contributed by atoms with van der Waals surface area (Å²) in [6.45, 7) is 3.91. The van der Waals surface area contributed by atoms with E-state index in [0.29, 0.717) is 10.6 Å². The van der Waals surface area contributed by atoms with Crippen LogP contribution < -0.4 is 0 Å². The zero-order valence-electron chi connectivity index (χ0n) is 8.18. The van der Waals surface area contributed by atoms with Gasteiger partial charge in [-0.3, -0.25) is 4.79 Å². The van der Waals surface area contributed by atoms with Crippen LogP contribution in [0.1, 0.15) is 30.6 Å². The van der Waals surface area contributed by atoms with E-state index in [1.54, 1.807) is 6.07 Å². The zero-order chi connectivity index (χ0) is 10.7. The molecule has 0 aromatic heterocycles. The number of hydrogen-bond acceptors (Lipinski definition) is 1. The van der Waals surface area contributed by atoms with E-state index >= 15 is 0 Å². The van der Waals surface area contributed by atoms with Crippen LogP contribution in [0.2, 0.25) is 5.02 Å². The van der Waals surface area contributed by atoms with Crippen LogP contribution in [0.15, 0.2) is 22.7 Å². The van der Waals surface area contributed by atoms with Gasteiger partial charge in [-0.25, -0.2) is 0 Å². The van der Waals surface area contributed by atoms with Crippen molar-refractivity contribution in [2.75, 3.05) is 0 Å². The minimum Gasteiger partial charge on any atom is -0.294 e. The van der Waals surface area contributed by atoms with Gasteiger partial charge < -0.3 is 0 Å². The van der Waals surface area contributed by atoms with E-state index in [1.807, 2.05) is 26.0 Å². The third kappa shape index (κ3) is 2.37. The summed E-state index contributed by atoms with van der Waals surface area (Å²) in [6, 6.07) is 5.42. The van der Waals surface area contributed by atoms with Crippen molar-refractivity contribution in [2.45, 2.75) is 20.3 Å². The monoisotopic (exact) mass is 274 g/mol. The van der Waals surface area contributed by atoms with Crippen LogP contribution in [0.25, 0.3) is 0 Å². The van der Waals surface area contributed by atoms with Crippen molar-refractivity contribution in [3.05, 3.63) is 33.3 Å². The fourth-order valence-electron chi connectivity index (χ4n) is 1.14. The molecule has 0 N–H and O–H groups in total. The molecule has 1 unspecified atom stereocenters. The highest BCUT2D eigenvalue weighted by atomic mass is 79.9. The Balaban J connectivity index is 3.07. The lowest BCUT2D eigenvalue weighted by atomic mass is 9.97. The number of carbonyl (C=O) groups excluding carboxylic acids is 1. The van der Waals surface area contributed by atoms with E-state index in [2.05, 4.69) is 15.9 Å². The molecule has 0 fully saturated rings. The molecule has 0 aliphatic rings. The molecule has 1 rings (SSSR count). The molecule has 0 bridgehead atoms. The second-order valence-electron chi connectivity index (χ2n) is 3.27. The molecule has 0 aliphatic heterocycles. The maximum atomic E-state index is 11.8. The summed E-state index contributed by atoms with van der Waals surface area (Å²) in [5.41, 5.74) is 0.607. The Labute approximate surface area is 97.6 Å². The molecular formula is C11H12BrClO. The Bertz CT molecular complexity index is 349. The Morgan fingerprint density at radius 2 is 2.21 bits per heavy atom. The van der Waals surface area contributed by atoms with Crippen molar-refractivity contribution in [3.8, 4) is 0 Å². The summed E-state index contributed by atoms with van der Waals surface area (Å²) in [5, 5.41) is 0.512. The number of benzene rings is 1. The molecule has 1 atom stereocenters. The van der Waals surface area contributed by atoms with Gasteiger partial charge >= 0.3 is 0 Å². The number of Topliss-reactive ketones (excluding diaryl/α,β-unsaturated/α-hetero) is 1. The summed E-state index contributed by atoms with van der Waals surface area (Å²) in [5.74, 6) is 0.139. The Kier molecular flexibility index (Phi) is 4.14. The Hall–Kier alpha value is -0.340. The molecule has 14 heavy (non-hydrogen) atoms. The molecule has 3 heteroatoms. The number of rotatable bonds is 3. The van der Waals surface area contributed by atoms with Gasteiger partial charge in [0.05, 0.1) is 5.02 Å². The van der Waals surface area contributed by atoms with Crippen molar-refractivity contribution in [2.24, 2.45) is 5.92 Å². The summed E-state index contributed by atoms with van der Waals surface area (Å²) >= 11 is 9.32. The molecule has 0 saturated carbocycles. The molecule has 0 spiro atoms. The average molecular weight is 276 g/mol. The van der Waals surface area contributed by atoms with Crippen molar-refractivity contribution < 1.29 is 4.79 Å². The van der Waals surface area contributed by atoms with E-state index in [-0.39, 0.29) is 11.7 Å². The Morgan fingerprint density at radius 1 is 1.57 bits per heavy atom. The molecule has 1 nitrogen and oxygen atoms in total. The van der Waals surface area contributed by atoms with E-state index in [9.17, 15) is 4.79 Å². The molecule has 76 valence electrons. The fourth-order valence-corrected chi connectivity index (χ4v) is 1.73. The number of halogens is 2.